The lowest BCUT2D eigenvalue weighted by molar-refractivity contribution is -0.660. The summed E-state index contributed by atoms with van der Waals surface area (Å²) in [5, 5.41) is 1.73. The Kier molecular flexibility index (Phi) is 3.76. The second-order valence-corrected chi connectivity index (χ2v) is 7.10. The van der Waals surface area contributed by atoms with Gasteiger partial charge in [0.05, 0.1) is 5.56 Å². The van der Waals surface area contributed by atoms with E-state index in [-0.39, 0.29) is 5.82 Å². The molecule has 0 aliphatic heterocycles. The highest BCUT2D eigenvalue weighted by molar-refractivity contribution is 6.10. The quantitative estimate of drug-likeness (QED) is 0.339. The molecule has 0 aliphatic carbocycles. The topological polar surface area (TPSA) is 17.0 Å². The maximum atomic E-state index is 15.4. The van der Waals surface area contributed by atoms with Crippen molar-refractivity contribution in [2.45, 2.75) is 6.92 Å². The molecule has 2 aromatic heterocycles. The van der Waals surface area contributed by atoms with Gasteiger partial charge in [-0.2, -0.15) is 0 Å². The van der Waals surface area contributed by atoms with Crippen LogP contribution in [0.5, 0.6) is 0 Å². The molecule has 5 aromatic rings. The number of pyridine rings is 1. The number of rotatable bonds is 2. The van der Waals surface area contributed by atoms with E-state index in [1.165, 1.54) is 0 Å². The normalized spacial score (nSPS) is 11.4. The molecule has 0 saturated carbocycles. The zero-order chi connectivity index (χ0) is 19.3. The minimum absolute atomic E-state index is 0.307. The summed E-state index contributed by atoms with van der Waals surface area (Å²) in [5.41, 5.74) is 5.55. The van der Waals surface area contributed by atoms with Gasteiger partial charge in [-0.25, -0.2) is 8.96 Å². The van der Waals surface area contributed by atoms with Crippen LogP contribution in [-0.2, 0) is 7.05 Å². The Labute approximate surface area is 162 Å². The molecule has 28 heavy (non-hydrogen) atoms. The van der Waals surface area contributed by atoms with Crippen molar-refractivity contribution in [2.75, 3.05) is 0 Å². The van der Waals surface area contributed by atoms with E-state index in [0.29, 0.717) is 11.1 Å². The summed E-state index contributed by atoms with van der Waals surface area (Å²) in [4.78, 5) is 0. The van der Waals surface area contributed by atoms with Crippen LogP contribution in [-0.4, -0.2) is 0 Å². The smallest absolute Gasteiger partial charge is 0.216 e. The molecule has 0 saturated heterocycles. The largest absolute Gasteiger partial charge is 0.452 e. The van der Waals surface area contributed by atoms with Crippen LogP contribution in [0, 0.1) is 12.7 Å². The van der Waals surface area contributed by atoms with E-state index in [4.69, 9.17) is 4.42 Å². The van der Waals surface area contributed by atoms with Gasteiger partial charge in [-0.3, -0.25) is 0 Å². The molecule has 2 nitrogen and oxygen atoms in total. The van der Waals surface area contributed by atoms with Crippen molar-refractivity contribution in [3.63, 3.8) is 0 Å². The van der Waals surface area contributed by atoms with Crippen LogP contribution in [0.25, 0.3) is 44.3 Å². The Morgan fingerprint density at radius 2 is 1.50 bits per heavy atom. The molecule has 0 atom stereocenters. The van der Waals surface area contributed by atoms with Crippen LogP contribution in [0.1, 0.15) is 5.56 Å². The number of furan rings is 1. The molecular formula is C25H19FNO+. The van der Waals surface area contributed by atoms with Crippen LogP contribution in [0.2, 0.25) is 0 Å². The number of hydrogen-bond acceptors (Lipinski definition) is 1. The second kappa shape index (κ2) is 6.31. The van der Waals surface area contributed by atoms with E-state index in [1.807, 2.05) is 73.9 Å². The standard InChI is InChI=1S/C25H19FNO/c1-16-11-12-19-20-14-13-18(17-8-4-3-5-9-17)23(26)25(20)28-24(19)22(16)21-10-6-7-15-27(21)2/h3-15H,1-2H3/q+1. The molecule has 0 unspecified atom stereocenters. The predicted octanol–water partition coefficient (Wildman–Crippen LogP) is 6.19. The Bertz CT molecular complexity index is 1340. The van der Waals surface area contributed by atoms with E-state index in [1.54, 1.807) is 0 Å². The zero-order valence-corrected chi connectivity index (χ0v) is 15.7. The van der Waals surface area contributed by atoms with Gasteiger partial charge in [0.1, 0.15) is 12.6 Å². The van der Waals surface area contributed by atoms with Crippen molar-refractivity contribution in [1.82, 2.24) is 0 Å². The van der Waals surface area contributed by atoms with Crippen molar-refractivity contribution in [1.29, 1.82) is 0 Å². The monoisotopic (exact) mass is 368 g/mol. The number of halogens is 1. The van der Waals surface area contributed by atoms with E-state index >= 15 is 4.39 Å². The fourth-order valence-corrected chi connectivity index (χ4v) is 3.91. The summed E-state index contributed by atoms with van der Waals surface area (Å²) in [6, 6.07) is 23.5. The third kappa shape index (κ3) is 2.43. The van der Waals surface area contributed by atoms with Gasteiger partial charge in [-0.05, 0) is 30.2 Å². The van der Waals surface area contributed by atoms with E-state index in [9.17, 15) is 0 Å². The van der Waals surface area contributed by atoms with Gasteiger partial charge in [0.2, 0.25) is 5.69 Å². The SMILES string of the molecule is Cc1ccc2c(oc3c(F)c(-c4ccccc4)ccc32)c1-c1cccc[n+]1C. The molecule has 0 spiro atoms. The van der Waals surface area contributed by atoms with Crippen molar-refractivity contribution < 1.29 is 13.4 Å². The molecule has 136 valence electrons. The molecular weight excluding hydrogens is 349 g/mol. The van der Waals surface area contributed by atoms with E-state index in [0.717, 1.165) is 38.7 Å². The number of nitrogens with zero attached hydrogens (tertiary/aromatic N) is 1. The molecule has 0 fully saturated rings. The lowest BCUT2D eigenvalue weighted by Gasteiger charge is -2.04. The van der Waals surface area contributed by atoms with Crippen molar-refractivity contribution in [3.8, 4) is 22.4 Å². The Morgan fingerprint density at radius 1 is 0.786 bits per heavy atom. The number of benzene rings is 3. The summed E-state index contributed by atoms with van der Waals surface area (Å²) in [6.45, 7) is 2.06. The third-order valence-corrected chi connectivity index (χ3v) is 5.35. The number of aromatic nitrogens is 1. The first-order valence-electron chi connectivity index (χ1n) is 9.30. The molecule has 2 heterocycles. The van der Waals surface area contributed by atoms with Gasteiger partial charge >= 0.3 is 0 Å². The summed E-state index contributed by atoms with van der Waals surface area (Å²) in [6.07, 6.45) is 2.00. The van der Waals surface area contributed by atoms with Crippen molar-refractivity contribution in [3.05, 3.63) is 90.4 Å². The first-order chi connectivity index (χ1) is 13.6. The zero-order valence-electron chi connectivity index (χ0n) is 15.7. The van der Waals surface area contributed by atoms with Gasteiger partial charge in [-0.15, -0.1) is 0 Å². The van der Waals surface area contributed by atoms with Gasteiger partial charge in [0.15, 0.2) is 17.6 Å². The van der Waals surface area contributed by atoms with Crippen LogP contribution in [0.3, 0.4) is 0 Å². The van der Waals surface area contributed by atoms with Crippen LogP contribution >= 0.6 is 0 Å². The first-order valence-corrected chi connectivity index (χ1v) is 9.30. The Morgan fingerprint density at radius 3 is 2.29 bits per heavy atom. The van der Waals surface area contributed by atoms with E-state index in [2.05, 4.69) is 23.6 Å². The van der Waals surface area contributed by atoms with Gasteiger partial charge in [-0.1, -0.05) is 48.5 Å². The fourth-order valence-electron chi connectivity index (χ4n) is 3.91. The van der Waals surface area contributed by atoms with Crippen molar-refractivity contribution in [2.24, 2.45) is 7.05 Å². The number of aryl methyl sites for hydroxylation is 2. The molecule has 3 aromatic carbocycles. The maximum absolute atomic E-state index is 15.4. The Hall–Kier alpha value is -3.46. The highest BCUT2D eigenvalue weighted by atomic mass is 19.1. The molecule has 5 rings (SSSR count). The van der Waals surface area contributed by atoms with Crippen LogP contribution < -0.4 is 4.57 Å². The highest BCUT2D eigenvalue weighted by Crippen LogP contribution is 2.39. The van der Waals surface area contributed by atoms with Gasteiger partial charge < -0.3 is 4.42 Å². The van der Waals surface area contributed by atoms with E-state index < -0.39 is 0 Å². The van der Waals surface area contributed by atoms with Crippen molar-refractivity contribution >= 4 is 21.9 Å². The average Bonchev–Trinajstić information content (AvgIpc) is 3.09. The lowest BCUT2D eigenvalue weighted by atomic mass is 9.99. The molecule has 0 amide bonds. The second-order valence-electron chi connectivity index (χ2n) is 7.10. The molecule has 0 aliphatic rings. The predicted molar refractivity (Wildman–Crippen MR) is 110 cm³/mol. The van der Waals surface area contributed by atoms with Crippen LogP contribution in [0.15, 0.2) is 83.4 Å². The number of hydrogen-bond donors (Lipinski definition) is 0. The average molecular weight is 368 g/mol. The van der Waals surface area contributed by atoms with Gasteiger partial charge in [0, 0.05) is 28.5 Å². The first kappa shape index (κ1) is 16.7. The minimum Gasteiger partial charge on any atom is -0.452 e. The number of fused-ring (bicyclic) bond motifs is 3. The fraction of sp³-hybridized carbons (Fsp3) is 0.0800. The lowest BCUT2D eigenvalue weighted by Crippen LogP contribution is -2.30. The summed E-state index contributed by atoms with van der Waals surface area (Å²) >= 11 is 0. The minimum atomic E-state index is -0.319. The molecule has 3 heteroatoms. The summed E-state index contributed by atoms with van der Waals surface area (Å²) in [7, 11) is 2.00. The molecule has 0 N–H and O–H groups in total. The van der Waals surface area contributed by atoms with Crippen LogP contribution in [0.4, 0.5) is 4.39 Å². The summed E-state index contributed by atoms with van der Waals surface area (Å²) < 4.78 is 23.6. The summed E-state index contributed by atoms with van der Waals surface area (Å²) in [5.74, 6) is -0.319. The third-order valence-electron chi connectivity index (χ3n) is 5.35. The molecule has 0 radical (unpaired) electrons. The van der Waals surface area contributed by atoms with Gasteiger partial charge in [0.25, 0.3) is 0 Å². The maximum Gasteiger partial charge on any atom is 0.216 e. The highest BCUT2D eigenvalue weighted by Gasteiger charge is 2.22. The Balaban J connectivity index is 1.85. The molecule has 0 bridgehead atoms.